The maximum absolute atomic E-state index is 12.6. The maximum atomic E-state index is 12.6. The molecule has 0 bridgehead atoms. The Balaban J connectivity index is 1.49. The number of thioether (sulfide) groups is 1. The van der Waals surface area contributed by atoms with Crippen molar-refractivity contribution in [2.24, 2.45) is 0 Å². The Morgan fingerprint density at radius 3 is 2.57 bits per heavy atom. The normalized spacial score (nSPS) is 16.3. The van der Waals surface area contributed by atoms with Gasteiger partial charge in [-0.2, -0.15) is 0 Å². The first-order chi connectivity index (χ1) is 16.9. The lowest BCUT2D eigenvalue weighted by Gasteiger charge is -2.15. The number of hydrogen-bond donors (Lipinski definition) is 2. The van der Waals surface area contributed by atoms with Gasteiger partial charge in [-0.05, 0) is 83.2 Å². The van der Waals surface area contributed by atoms with Gasteiger partial charge in [0.15, 0.2) is 17.0 Å². The molecule has 0 aliphatic carbocycles. The molecule has 5 nitrogen and oxygen atoms in total. The second-order valence-electron chi connectivity index (χ2n) is 8.22. The minimum Gasteiger partial charge on any atom is -0.490 e. The fraction of sp³-hybridized carbons (Fsp3) is 0.250. The summed E-state index contributed by atoms with van der Waals surface area (Å²) in [6, 6.07) is 20.3. The highest BCUT2D eigenvalue weighted by molar-refractivity contribution is 9.10. The van der Waals surface area contributed by atoms with E-state index < -0.39 is 0 Å². The number of hydrogen-bond acceptors (Lipinski definition) is 5. The van der Waals surface area contributed by atoms with Gasteiger partial charge in [-0.25, -0.2) is 0 Å². The van der Waals surface area contributed by atoms with E-state index in [4.69, 9.17) is 9.47 Å². The van der Waals surface area contributed by atoms with E-state index in [0.717, 1.165) is 27.7 Å². The zero-order chi connectivity index (χ0) is 24.8. The first-order valence-corrected chi connectivity index (χ1v) is 13.3. The van der Waals surface area contributed by atoms with Crippen molar-refractivity contribution >= 4 is 45.4 Å². The Morgan fingerprint density at radius 2 is 1.86 bits per heavy atom. The molecule has 1 saturated heterocycles. The zero-order valence-corrected chi connectivity index (χ0v) is 22.5. The van der Waals surface area contributed by atoms with Gasteiger partial charge in [-0.15, -0.1) is 0 Å². The number of halogens is 1. The second kappa shape index (κ2) is 11.7. The first kappa shape index (κ1) is 25.2. The molecule has 1 fully saturated rings. The minimum atomic E-state index is -0.229. The van der Waals surface area contributed by atoms with Crippen molar-refractivity contribution in [3.05, 3.63) is 92.3 Å². The van der Waals surface area contributed by atoms with Crippen LogP contribution in [-0.2, 0) is 17.8 Å². The summed E-state index contributed by atoms with van der Waals surface area (Å²) in [5.74, 6) is 1.18. The molecule has 1 atom stereocenters. The number of rotatable bonds is 9. The van der Waals surface area contributed by atoms with Crippen LogP contribution in [0.5, 0.6) is 11.5 Å². The molecule has 1 aliphatic rings. The summed E-state index contributed by atoms with van der Waals surface area (Å²) in [4.78, 5) is 13.3. The lowest BCUT2D eigenvalue weighted by atomic mass is 10.1. The second-order valence-corrected chi connectivity index (χ2v) is 10.2. The van der Waals surface area contributed by atoms with Crippen LogP contribution in [0.3, 0.4) is 0 Å². The van der Waals surface area contributed by atoms with Crippen LogP contribution < -0.4 is 20.1 Å². The van der Waals surface area contributed by atoms with Crippen LogP contribution in [0.2, 0.25) is 0 Å². The van der Waals surface area contributed by atoms with E-state index in [0.29, 0.717) is 29.6 Å². The Labute approximate surface area is 219 Å². The highest BCUT2D eigenvalue weighted by Crippen LogP contribution is 2.39. The first-order valence-electron chi connectivity index (χ1n) is 11.6. The van der Waals surface area contributed by atoms with Gasteiger partial charge in [0.1, 0.15) is 6.61 Å². The summed E-state index contributed by atoms with van der Waals surface area (Å²) in [5.41, 5.74) is 5.16. The van der Waals surface area contributed by atoms with Gasteiger partial charge in [0.25, 0.3) is 5.91 Å². The van der Waals surface area contributed by atoms with E-state index in [2.05, 4.69) is 64.7 Å². The topological polar surface area (TPSA) is 59.6 Å². The molecule has 3 aromatic carbocycles. The number of amides is 1. The van der Waals surface area contributed by atoms with E-state index in [9.17, 15) is 4.79 Å². The number of carbonyl (C=O) groups excluding carboxylic acids is 1. The standard InChI is InChI=1S/C28H29BrN2O3S/c1-4-19-9-11-22(12-10-19)30-28-31-27(32)25(35-28)16-21-14-23(29)26(24(15-21)33-5-2)34-17-20-8-6-7-18(3)13-20/h6-16,28,30H,4-5,17H2,1-3H3,(H,31,32)/b25-16-/t28-/m1/s1. The van der Waals surface area contributed by atoms with E-state index >= 15 is 0 Å². The van der Waals surface area contributed by atoms with Crippen molar-refractivity contribution < 1.29 is 14.3 Å². The Morgan fingerprint density at radius 1 is 1.06 bits per heavy atom. The molecule has 7 heteroatoms. The number of aryl methyl sites for hydroxylation is 2. The van der Waals surface area contributed by atoms with Crippen LogP contribution in [-0.4, -0.2) is 18.0 Å². The van der Waals surface area contributed by atoms with Gasteiger partial charge in [-0.1, -0.05) is 60.6 Å². The Kier molecular flexibility index (Phi) is 8.42. The highest BCUT2D eigenvalue weighted by Gasteiger charge is 2.27. The predicted octanol–water partition coefficient (Wildman–Crippen LogP) is 6.90. The van der Waals surface area contributed by atoms with Crippen LogP contribution in [0.4, 0.5) is 5.69 Å². The van der Waals surface area contributed by atoms with Crippen molar-refractivity contribution in [3.8, 4) is 11.5 Å². The summed E-state index contributed by atoms with van der Waals surface area (Å²) >= 11 is 5.09. The average Bonchev–Trinajstić information content (AvgIpc) is 3.17. The number of carbonyl (C=O) groups is 1. The van der Waals surface area contributed by atoms with Crippen molar-refractivity contribution in [2.75, 3.05) is 11.9 Å². The Hall–Kier alpha value is -2.90. The molecule has 182 valence electrons. The van der Waals surface area contributed by atoms with Crippen molar-refractivity contribution in [1.82, 2.24) is 5.32 Å². The minimum absolute atomic E-state index is 0.105. The van der Waals surface area contributed by atoms with Gasteiger partial charge in [0, 0.05) is 5.69 Å². The summed E-state index contributed by atoms with van der Waals surface area (Å²) in [7, 11) is 0. The molecule has 1 heterocycles. The molecule has 1 aliphatic heterocycles. The van der Waals surface area contributed by atoms with Gasteiger partial charge < -0.3 is 20.1 Å². The third kappa shape index (κ3) is 6.61. The SMILES string of the molecule is CCOc1cc(/C=C2\S[C@H](Nc3ccc(CC)cc3)NC2=O)cc(Br)c1OCc1cccc(C)c1. The van der Waals surface area contributed by atoms with Crippen molar-refractivity contribution in [2.45, 2.75) is 39.3 Å². The molecule has 1 amide bonds. The molecule has 2 N–H and O–H groups in total. The summed E-state index contributed by atoms with van der Waals surface area (Å²) in [6.07, 6.45) is 2.87. The van der Waals surface area contributed by atoms with Crippen molar-refractivity contribution in [1.29, 1.82) is 0 Å². The van der Waals surface area contributed by atoms with E-state index in [1.165, 1.54) is 22.9 Å². The summed E-state index contributed by atoms with van der Waals surface area (Å²) in [5, 5.41) is 6.35. The highest BCUT2D eigenvalue weighted by atomic mass is 79.9. The van der Waals surface area contributed by atoms with Gasteiger partial charge in [0.05, 0.1) is 16.0 Å². The zero-order valence-electron chi connectivity index (χ0n) is 20.1. The molecule has 0 spiro atoms. The third-order valence-corrected chi connectivity index (χ3v) is 7.10. The fourth-order valence-corrected chi connectivity index (χ4v) is 5.30. The smallest absolute Gasteiger partial charge is 0.260 e. The third-order valence-electron chi connectivity index (χ3n) is 5.49. The molecule has 0 saturated carbocycles. The quantitative estimate of drug-likeness (QED) is 0.283. The molecular formula is C28H29BrN2O3S. The summed E-state index contributed by atoms with van der Waals surface area (Å²) in [6.45, 7) is 7.07. The number of ether oxygens (including phenoxy) is 2. The molecule has 4 rings (SSSR count). The number of benzene rings is 3. The average molecular weight is 554 g/mol. The lowest BCUT2D eigenvalue weighted by Crippen LogP contribution is -2.30. The van der Waals surface area contributed by atoms with Gasteiger partial charge >= 0.3 is 0 Å². The van der Waals surface area contributed by atoms with Crippen LogP contribution in [0.1, 0.15) is 36.1 Å². The lowest BCUT2D eigenvalue weighted by molar-refractivity contribution is -0.116. The van der Waals surface area contributed by atoms with Crippen molar-refractivity contribution in [3.63, 3.8) is 0 Å². The Bertz CT molecular complexity index is 1230. The monoisotopic (exact) mass is 552 g/mol. The van der Waals surface area contributed by atoms with E-state index in [1.54, 1.807) is 0 Å². The fourth-order valence-electron chi connectivity index (χ4n) is 3.74. The largest absolute Gasteiger partial charge is 0.490 e. The van der Waals surface area contributed by atoms with Crippen LogP contribution in [0, 0.1) is 6.92 Å². The predicted molar refractivity (Wildman–Crippen MR) is 148 cm³/mol. The molecule has 0 radical (unpaired) electrons. The maximum Gasteiger partial charge on any atom is 0.260 e. The molecule has 0 unspecified atom stereocenters. The van der Waals surface area contributed by atoms with Gasteiger partial charge in [0.2, 0.25) is 0 Å². The van der Waals surface area contributed by atoms with Crippen LogP contribution in [0.15, 0.2) is 70.0 Å². The summed E-state index contributed by atoms with van der Waals surface area (Å²) < 4.78 is 12.8. The van der Waals surface area contributed by atoms with E-state index in [1.807, 2.05) is 49.4 Å². The molecule has 35 heavy (non-hydrogen) atoms. The molecule has 3 aromatic rings. The molecular weight excluding hydrogens is 524 g/mol. The number of nitrogens with one attached hydrogen (secondary N) is 2. The van der Waals surface area contributed by atoms with E-state index in [-0.39, 0.29) is 11.4 Å². The van der Waals surface area contributed by atoms with Crippen LogP contribution in [0.25, 0.3) is 6.08 Å². The van der Waals surface area contributed by atoms with Crippen LogP contribution >= 0.6 is 27.7 Å². The number of anilines is 1. The molecule has 0 aromatic heterocycles. The van der Waals surface area contributed by atoms with Gasteiger partial charge in [-0.3, -0.25) is 4.79 Å².